The van der Waals surface area contributed by atoms with Gasteiger partial charge in [-0.25, -0.2) is 8.78 Å². The Morgan fingerprint density at radius 2 is 1.84 bits per heavy atom. The molecule has 0 spiro atoms. The lowest BCUT2D eigenvalue weighted by Gasteiger charge is -2.22. The molecule has 3 aromatic rings. The van der Waals surface area contributed by atoms with Crippen LogP contribution in [0.25, 0.3) is 0 Å². The number of Topliss-reactive ketones (excluding diaryl/α,β-unsaturated/α-hetero) is 1. The van der Waals surface area contributed by atoms with E-state index in [2.05, 4.69) is 5.10 Å². The van der Waals surface area contributed by atoms with Crippen molar-refractivity contribution >= 4 is 17.4 Å². The minimum atomic E-state index is -0.739. The number of hydrogen-bond acceptors (Lipinski definition) is 3. The summed E-state index contributed by atoms with van der Waals surface area (Å²) in [5, 5.41) is 4.89. The van der Waals surface area contributed by atoms with Crippen molar-refractivity contribution in [2.24, 2.45) is 5.92 Å². The van der Waals surface area contributed by atoms with Crippen LogP contribution in [0.3, 0.4) is 0 Å². The summed E-state index contributed by atoms with van der Waals surface area (Å²) in [7, 11) is 0. The fourth-order valence-electron chi connectivity index (χ4n) is 4.10. The summed E-state index contributed by atoms with van der Waals surface area (Å²) in [6.07, 6.45) is 7.46. The van der Waals surface area contributed by atoms with Gasteiger partial charge in [-0.05, 0) is 55.2 Å². The summed E-state index contributed by atoms with van der Waals surface area (Å²) in [6, 6.07) is 10.6. The summed E-state index contributed by atoms with van der Waals surface area (Å²) in [5.74, 6) is -0.614. The number of benzene rings is 2. The molecule has 1 heterocycles. The van der Waals surface area contributed by atoms with Gasteiger partial charge in [0.05, 0.1) is 13.2 Å². The largest absolute Gasteiger partial charge is 0.493 e. The van der Waals surface area contributed by atoms with Crippen molar-refractivity contribution in [2.45, 2.75) is 45.1 Å². The van der Waals surface area contributed by atoms with Crippen LogP contribution in [0.1, 0.15) is 53.7 Å². The number of rotatable bonds is 8. The first-order valence-electron chi connectivity index (χ1n) is 10.9. The summed E-state index contributed by atoms with van der Waals surface area (Å²) < 4.78 is 35.4. The molecule has 0 aliphatic heterocycles. The zero-order valence-corrected chi connectivity index (χ0v) is 18.5. The van der Waals surface area contributed by atoms with Crippen molar-refractivity contribution in [3.05, 3.63) is 82.1 Å². The standard InChI is InChI=1S/C25H25ClF2N2O2/c26-19-9-10-25(32-16-17-5-2-1-3-6-17)18(13-19)15-30-12-11-23(29-30)24(31)14-20-21(27)7-4-8-22(20)28/h4,7-13,17H,1-3,5-6,14-16H2. The number of halogens is 3. The molecular formula is C25H25ClF2N2O2. The highest BCUT2D eigenvalue weighted by molar-refractivity contribution is 6.30. The van der Waals surface area contributed by atoms with Crippen molar-refractivity contribution < 1.29 is 18.3 Å². The van der Waals surface area contributed by atoms with Gasteiger partial charge in [0.2, 0.25) is 0 Å². The fraction of sp³-hybridized carbons (Fsp3) is 0.360. The Bertz CT molecular complexity index is 1070. The van der Waals surface area contributed by atoms with Gasteiger partial charge in [0.15, 0.2) is 5.78 Å². The number of nitrogens with zero attached hydrogens (tertiary/aromatic N) is 2. The minimum Gasteiger partial charge on any atom is -0.493 e. The zero-order chi connectivity index (χ0) is 22.5. The van der Waals surface area contributed by atoms with E-state index >= 15 is 0 Å². The first-order chi connectivity index (χ1) is 15.5. The SMILES string of the molecule is O=C(Cc1c(F)cccc1F)c1ccn(Cc2cc(Cl)ccc2OCC2CCCCC2)n1. The molecule has 0 bridgehead atoms. The summed E-state index contributed by atoms with van der Waals surface area (Å²) in [6.45, 7) is 1.04. The van der Waals surface area contributed by atoms with Crippen molar-refractivity contribution in [1.29, 1.82) is 0 Å². The lowest BCUT2D eigenvalue weighted by molar-refractivity contribution is 0.0985. The van der Waals surface area contributed by atoms with Crippen LogP contribution in [-0.2, 0) is 13.0 Å². The van der Waals surface area contributed by atoms with E-state index in [9.17, 15) is 13.6 Å². The quantitative estimate of drug-likeness (QED) is 0.375. The maximum atomic E-state index is 13.9. The van der Waals surface area contributed by atoms with Crippen LogP contribution >= 0.6 is 11.6 Å². The van der Waals surface area contributed by atoms with E-state index in [1.807, 2.05) is 12.1 Å². The summed E-state index contributed by atoms with van der Waals surface area (Å²) in [4.78, 5) is 12.5. The lowest BCUT2D eigenvalue weighted by Crippen LogP contribution is -2.16. The first kappa shape index (κ1) is 22.5. The molecule has 0 amide bonds. The second-order valence-corrected chi connectivity index (χ2v) is 8.70. The molecule has 1 aliphatic rings. The molecule has 4 rings (SSSR count). The molecule has 7 heteroatoms. The molecule has 0 N–H and O–H groups in total. The Balaban J connectivity index is 1.44. The molecule has 2 aromatic carbocycles. The van der Waals surface area contributed by atoms with Gasteiger partial charge in [-0.2, -0.15) is 5.10 Å². The summed E-state index contributed by atoms with van der Waals surface area (Å²) >= 11 is 6.20. The monoisotopic (exact) mass is 458 g/mol. The molecule has 1 fully saturated rings. The van der Waals surface area contributed by atoms with E-state index in [1.54, 1.807) is 23.0 Å². The first-order valence-corrected chi connectivity index (χ1v) is 11.3. The Labute approximate surface area is 191 Å². The van der Waals surface area contributed by atoms with Gasteiger partial charge in [0, 0.05) is 28.8 Å². The van der Waals surface area contributed by atoms with E-state index in [4.69, 9.17) is 16.3 Å². The Hall–Kier alpha value is -2.73. The van der Waals surface area contributed by atoms with Crippen molar-refractivity contribution in [3.8, 4) is 5.75 Å². The third-order valence-corrected chi connectivity index (χ3v) is 6.11. The van der Waals surface area contributed by atoms with Crippen molar-refractivity contribution in [3.63, 3.8) is 0 Å². The highest BCUT2D eigenvalue weighted by Gasteiger charge is 2.18. The van der Waals surface area contributed by atoms with Crippen LogP contribution in [0, 0.1) is 17.6 Å². The molecule has 1 saturated carbocycles. The molecule has 0 atom stereocenters. The molecular weight excluding hydrogens is 434 g/mol. The number of aromatic nitrogens is 2. The van der Waals surface area contributed by atoms with Crippen LogP contribution in [0.15, 0.2) is 48.7 Å². The Kier molecular flexibility index (Phi) is 7.20. The second kappa shape index (κ2) is 10.3. The number of carbonyl (C=O) groups is 1. The van der Waals surface area contributed by atoms with Crippen molar-refractivity contribution in [2.75, 3.05) is 6.61 Å². The number of ketones is 1. The maximum Gasteiger partial charge on any atom is 0.187 e. The lowest BCUT2D eigenvalue weighted by atomic mass is 9.90. The predicted molar refractivity (Wildman–Crippen MR) is 119 cm³/mol. The van der Waals surface area contributed by atoms with Gasteiger partial charge in [-0.15, -0.1) is 0 Å². The van der Waals surface area contributed by atoms with Gasteiger partial charge < -0.3 is 4.74 Å². The fourth-order valence-corrected chi connectivity index (χ4v) is 4.29. The minimum absolute atomic E-state index is 0.152. The number of ether oxygens (including phenoxy) is 1. The normalized spacial score (nSPS) is 14.5. The molecule has 0 saturated heterocycles. The summed E-state index contributed by atoms with van der Waals surface area (Å²) in [5.41, 5.74) is 0.759. The molecule has 0 unspecified atom stereocenters. The molecule has 4 nitrogen and oxygen atoms in total. The number of carbonyl (C=O) groups excluding carboxylic acids is 1. The van der Waals surface area contributed by atoms with Crippen LogP contribution in [-0.4, -0.2) is 22.2 Å². The molecule has 0 radical (unpaired) electrons. The van der Waals surface area contributed by atoms with E-state index in [-0.39, 0.29) is 17.7 Å². The van der Waals surface area contributed by atoms with Crippen LogP contribution in [0.4, 0.5) is 8.78 Å². The van der Waals surface area contributed by atoms with Gasteiger partial charge in [0.25, 0.3) is 0 Å². The third-order valence-electron chi connectivity index (χ3n) is 5.88. The Morgan fingerprint density at radius 1 is 1.09 bits per heavy atom. The van der Waals surface area contributed by atoms with E-state index in [1.165, 1.54) is 38.2 Å². The highest BCUT2D eigenvalue weighted by atomic mass is 35.5. The Morgan fingerprint density at radius 3 is 2.59 bits per heavy atom. The van der Waals surface area contributed by atoms with E-state index < -0.39 is 17.4 Å². The van der Waals surface area contributed by atoms with Crippen LogP contribution in [0.5, 0.6) is 5.75 Å². The van der Waals surface area contributed by atoms with E-state index in [0.29, 0.717) is 24.1 Å². The second-order valence-electron chi connectivity index (χ2n) is 8.27. The zero-order valence-electron chi connectivity index (χ0n) is 17.7. The third kappa shape index (κ3) is 5.54. The topological polar surface area (TPSA) is 44.1 Å². The van der Waals surface area contributed by atoms with Crippen molar-refractivity contribution in [1.82, 2.24) is 9.78 Å². The smallest absolute Gasteiger partial charge is 0.187 e. The average Bonchev–Trinajstić information content (AvgIpc) is 3.25. The molecule has 1 aliphatic carbocycles. The molecule has 168 valence electrons. The van der Waals surface area contributed by atoms with Gasteiger partial charge >= 0.3 is 0 Å². The van der Waals surface area contributed by atoms with Gasteiger partial charge in [0.1, 0.15) is 23.1 Å². The van der Waals surface area contributed by atoms with Gasteiger partial charge in [-0.1, -0.05) is 36.9 Å². The molecule has 1 aromatic heterocycles. The molecule has 32 heavy (non-hydrogen) atoms. The number of hydrogen-bond donors (Lipinski definition) is 0. The maximum absolute atomic E-state index is 13.9. The van der Waals surface area contributed by atoms with Crippen LogP contribution < -0.4 is 4.74 Å². The van der Waals surface area contributed by atoms with Gasteiger partial charge in [-0.3, -0.25) is 9.48 Å². The van der Waals surface area contributed by atoms with E-state index in [0.717, 1.165) is 23.4 Å². The highest BCUT2D eigenvalue weighted by Crippen LogP contribution is 2.28. The predicted octanol–water partition coefficient (Wildman–Crippen LogP) is 6.25. The van der Waals surface area contributed by atoms with Crippen LogP contribution in [0.2, 0.25) is 5.02 Å². The average molecular weight is 459 g/mol.